The van der Waals surface area contributed by atoms with Crippen LogP contribution in [0.1, 0.15) is 44.9 Å². The highest BCUT2D eigenvalue weighted by Gasteiger charge is 2.13. The van der Waals surface area contributed by atoms with E-state index in [1.165, 1.54) is 31.4 Å². The molecule has 4 nitrogen and oxygen atoms in total. The fourth-order valence-electron chi connectivity index (χ4n) is 2.55. The van der Waals surface area contributed by atoms with Gasteiger partial charge in [0.25, 0.3) is 0 Å². The summed E-state index contributed by atoms with van der Waals surface area (Å²) in [5.41, 5.74) is 1.34. The molecule has 0 aliphatic heterocycles. The molecule has 0 aliphatic carbocycles. The number of carbonyl (C=O) groups is 1. The fraction of sp³-hybridized carbons (Fsp3) is 0.500. The summed E-state index contributed by atoms with van der Waals surface area (Å²) in [5, 5.41) is 8.99. The molecule has 0 fully saturated rings. The van der Waals surface area contributed by atoms with Crippen LogP contribution in [0.25, 0.3) is 11.0 Å². The van der Waals surface area contributed by atoms with Gasteiger partial charge in [-0.1, -0.05) is 32.6 Å². The van der Waals surface area contributed by atoms with Crippen LogP contribution in [0.3, 0.4) is 0 Å². The van der Waals surface area contributed by atoms with E-state index >= 15 is 0 Å². The first-order valence-corrected chi connectivity index (χ1v) is 7.48. The van der Waals surface area contributed by atoms with E-state index < -0.39 is 5.97 Å². The molecule has 2 rings (SSSR count). The van der Waals surface area contributed by atoms with Crippen molar-refractivity contribution in [3.8, 4) is 0 Å². The molecule has 2 aromatic rings. The van der Waals surface area contributed by atoms with Crippen LogP contribution in [-0.2, 0) is 17.8 Å². The number of hydrogen-bond donors (Lipinski definition) is 1. The van der Waals surface area contributed by atoms with Gasteiger partial charge in [-0.3, -0.25) is 4.79 Å². The third-order valence-electron chi connectivity index (χ3n) is 3.58. The number of aromatic nitrogens is 2. The number of carboxylic acids is 1. The largest absolute Gasteiger partial charge is 0.481 e. The second-order valence-corrected chi connectivity index (χ2v) is 5.30. The van der Waals surface area contributed by atoms with Crippen LogP contribution in [-0.4, -0.2) is 20.6 Å². The van der Waals surface area contributed by atoms with Crippen molar-refractivity contribution in [1.82, 2.24) is 9.55 Å². The minimum atomic E-state index is -0.919. The molecule has 0 saturated heterocycles. The van der Waals surface area contributed by atoms with Crippen molar-refractivity contribution < 1.29 is 14.3 Å². The number of halogens is 1. The predicted molar refractivity (Wildman–Crippen MR) is 79.8 cm³/mol. The molecule has 0 radical (unpaired) electrons. The van der Waals surface area contributed by atoms with E-state index in [-0.39, 0.29) is 12.2 Å². The van der Waals surface area contributed by atoms with Gasteiger partial charge in [0.2, 0.25) is 0 Å². The third-order valence-corrected chi connectivity index (χ3v) is 3.58. The zero-order valence-electron chi connectivity index (χ0n) is 12.3. The van der Waals surface area contributed by atoms with E-state index in [0.717, 1.165) is 24.9 Å². The summed E-state index contributed by atoms with van der Waals surface area (Å²) < 4.78 is 15.2. The zero-order valence-corrected chi connectivity index (χ0v) is 12.3. The van der Waals surface area contributed by atoms with Gasteiger partial charge in [-0.25, -0.2) is 9.37 Å². The summed E-state index contributed by atoms with van der Waals surface area (Å²) in [6, 6.07) is 4.42. The van der Waals surface area contributed by atoms with Crippen LogP contribution >= 0.6 is 0 Å². The minimum absolute atomic E-state index is 0.134. The highest BCUT2D eigenvalue weighted by atomic mass is 19.1. The minimum Gasteiger partial charge on any atom is -0.481 e. The molecule has 114 valence electrons. The number of unbranched alkanes of at least 4 members (excludes halogenated alkanes) is 4. The molecule has 0 saturated carbocycles. The van der Waals surface area contributed by atoms with Gasteiger partial charge in [0.1, 0.15) is 18.1 Å². The van der Waals surface area contributed by atoms with Gasteiger partial charge in [-0.05, 0) is 18.6 Å². The molecule has 0 spiro atoms. The van der Waals surface area contributed by atoms with Gasteiger partial charge in [0.05, 0.1) is 11.0 Å². The quantitative estimate of drug-likeness (QED) is 0.753. The normalized spacial score (nSPS) is 11.1. The van der Waals surface area contributed by atoms with Gasteiger partial charge in [-0.15, -0.1) is 0 Å². The standard InChI is InChI=1S/C16H21FN2O2/c1-2-3-4-5-6-9-19-14-8-7-12(17)10-13(14)18-15(19)11-16(20)21/h7-8,10H,2-6,9,11H2,1H3,(H,20,21). The SMILES string of the molecule is CCCCCCCn1c(CC(=O)O)nc2cc(F)ccc21. The van der Waals surface area contributed by atoms with E-state index in [4.69, 9.17) is 5.11 Å². The Kier molecular flexibility index (Phi) is 5.31. The summed E-state index contributed by atoms with van der Waals surface area (Å²) in [5.74, 6) is -0.770. The fourth-order valence-corrected chi connectivity index (χ4v) is 2.55. The lowest BCUT2D eigenvalue weighted by atomic mass is 10.1. The van der Waals surface area contributed by atoms with E-state index in [0.29, 0.717) is 11.3 Å². The molecule has 0 amide bonds. The number of aryl methyl sites for hydroxylation is 1. The van der Waals surface area contributed by atoms with Crippen molar-refractivity contribution in [3.05, 3.63) is 29.8 Å². The topological polar surface area (TPSA) is 55.1 Å². The van der Waals surface area contributed by atoms with Crippen molar-refractivity contribution in [1.29, 1.82) is 0 Å². The average molecular weight is 292 g/mol. The first-order chi connectivity index (χ1) is 10.1. The first-order valence-electron chi connectivity index (χ1n) is 7.48. The highest BCUT2D eigenvalue weighted by molar-refractivity contribution is 5.78. The number of aliphatic carboxylic acids is 1. The Hall–Kier alpha value is -1.91. The summed E-state index contributed by atoms with van der Waals surface area (Å²) in [6.07, 6.45) is 5.56. The molecule has 1 heterocycles. The molecule has 1 aromatic carbocycles. The Bertz CT molecular complexity index is 622. The molecule has 21 heavy (non-hydrogen) atoms. The maximum absolute atomic E-state index is 13.3. The Balaban J connectivity index is 2.19. The van der Waals surface area contributed by atoms with E-state index in [1.807, 2.05) is 4.57 Å². The van der Waals surface area contributed by atoms with Crippen molar-refractivity contribution >= 4 is 17.0 Å². The molecular weight excluding hydrogens is 271 g/mol. The van der Waals surface area contributed by atoms with Gasteiger partial charge in [0, 0.05) is 12.6 Å². The molecule has 0 unspecified atom stereocenters. The van der Waals surface area contributed by atoms with Crippen molar-refractivity contribution in [2.24, 2.45) is 0 Å². The Morgan fingerprint density at radius 1 is 1.29 bits per heavy atom. The van der Waals surface area contributed by atoms with Crippen LogP contribution in [0, 0.1) is 5.82 Å². The monoisotopic (exact) mass is 292 g/mol. The predicted octanol–water partition coefficient (Wildman–Crippen LogP) is 3.77. The lowest BCUT2D eigenvalue weighted by Crippen LogP contribution is -2.09. The second-order valence-electron chi connectivity index (χ2n) is 5.30. The summed E-state index contributed by atoms with van der Waals surface area (Å²) in [4.78, 5) is 15.2. The number of fused-ring (bicyclic) bond motifs is 1. The second kappa shape index (κ2) is 7.20. The van der Waals surface area contributed by atoms with Gasteiger partial charge in [0.15, 0.2) is 0 Å². The first kappa shape index (κ1) is 15.5. The molecule has 0 bridgehead atoms. The van der Waals surface area contributed by atoms with Crippen LogP contribution in [0.15, 0.2) is 18.2 Å². The maximum atomic E-state index is 13.3. The number of benzene rings is 1. The summed E-state index contributed by atoms with van der Waals surface area (Å²) in [7, 11) is 0. The zero-order chi connectivity index (χ0) is 15.2. The number of hydrogen-bond acceptors (Lipinski definition) is 2. The van der Waals surface area contributed by atoms with Gasteiger partial charge < -0.3 is 9.67 Å². The van der Waals surface area contributed by atoms with Crippen molar-refractivity contribution in [3.63, 3.8) is 0 Å². The van der Waals surface area contributed by atoms with Crippen molar-refractivity contribution in [2.75, 3.05) is 0 Å². The number of imidazole rings is 1. The molecule has 0 atom stereocenters. The van der Waals surface area contributed by atoms with E-state index in [1.54, 1.807) is 6.07 Å². The Morgan fingerprint density at radius 3 is 2.76 bits per heavy atom. The summed E-state index contributed by atoms with van der Waals surface area (Å²) in [6.45, 7) is 2.90. The highest BCUT2D eigenvalue weighted by Crippen LogP contribution is 2.19. The van der Waals surface area contributed by atoms with Crippen LogP contribution in [0.2, 0.25) is 0 Å². The molecular formula is C16H21FN2O2. The molecule has 5 heteroatoms. The smallest absolute Gasteiger partial charge is 0.311 e. The molecule has 1 N–H and O–H groups in total. The Labute approximate surface area is 123 Å². The van der Waals surface area contributed by atoms with Crippen LogP contribution in [0.4, 0.5) is 4.39 Å². The number of nitrogens with zero attached hydrogens (tertiary/aromatic N) is 2. The number of carboxylic acid groups (broad SMARTS) is 1. The van der Waals surface area contributed by atoms with Crippen LogP contribution < -0.4 is 0 Å². The van der Waals surface area contributed by atoms with Gasteiger partial charge >= 0.3 is 5.97 Å². The lowest BCUT2D eigenvalue weighted by Gasteiger charge is -2.08. The average Bonchev–Trinajstić information content (AvgIpc) is 2.74. The molecule has 1 aromatic heterocycles. The van der Waals surface area contributed by atoms with E-state index in [9.17, 15) is 9.18 Å². The lowest BCUT2D eigenvalue weighted by molar-refractivity contribution is -0.136. The van der Waals surface area contributed by atoms with Crippen molar-refractivity contribution in [2.45, 2.75) is 52.0 Å². The summed E-state index contributed by atoms with van der Waals surface area (Å²) >= 11 is 0. The third kappa shape index (κ3) is 4.03. The van der Waals surface area contributed by atoms with Gasteiger partial charge in [-0.2, -0.15) is 0 Å². The van der Waals surface area contributed by atoms with Crippen LogP contribution in [0.5, 0.6) is 0 Å². The maximum Gasteiger partial charge on any atom is 0.311 e. The molecule has 0 aliphatic rings. The number of rotatable bonds is 8. The van der Waals surface area contributed by atoms with E-state index in [2.05, 4.69) is 11.9 Å². The Morgan fingerprint density at radius 2 is 2.05 bits per heavy atom.